The minimum atomic E-state index is -1.38. The van der Waals surface area contributed by atoms with Gasteiger partial charge in [-0.3, -0.25) is 9.69 Å². The summed E-state index contributed by atoms with van der Waals surface area (Å²) in [5, 5.41) is 25.7. The lowest BCUT2D eigenvalue weighted by molar-refractivity contribution is 0.0224. The van der Waals surface area contributed by atoms with Gasteiger partial charge in [0.15, 0.2) is 5.60 Å². The Morgan fingerprint density at radius 3 is 2.36 bits per heavy atom. The van der Waals surface area contributed by atoms with E-state index in [0.717, 1.165) is 25.1 Å². The third-order valence-corrected chi connectivity index (χ3v) is 11.0. The zero-order valence-corrected chi connectivity index (χ0v) is 27.0. The number of phenols is 2. The molecule has 0 bridgehead atoms. The Balaban J connectivity index is 1.11. The molecule has 8 rings (SSSR count). The molecule has 8 nitrogen and oxygen atoms in total. The summed E-state index contributed by atoms with van der Waals surface area (Å²) in [6.45, 7) is 2.11. The smallest absolute Gasteiger partial charge is 0.340 e. The molecule has 1 unspecified atom stereocenters. The molecule has 4 aromatic carbocycles. The number of benzene rings is 4. The number of amides is 1. The number of nitrogens with zero attached hydrogens (tertiary/aromatic N) is 1. The molecule has 0 saturated heterocycles. The van der Waals surface area contributed by atoms with Crippen LogP contribution in [0.15, 0.2) is 95.2 Å². The van der Waals surface area contributed by atoms with E-state index in [1.807, 2.05) is 0 Å². The fourth-order valence-corrected chi connectivity index (χ4v) is 8.26. The van der Waals surface area contributed by atoms with E-state index in [2.05, 4.69) is 52.2 Å². The number of nitrogens with one attached hydrogen (secondary N) is 1. The second-order valence-electron chi connectivity index (χ2n) is 11.9. The lowest BCUT2D eigenvalue weighted by Gasteiger charge is -2.36. The van der Waals surface area contributed by atoms with E-state index < -0.39 is 11.6 Å². The molecule has 1 atom stereocenters. The fraction of sp³-hybridized carbons (Fsp3) is 0.189. The average Bonchev–Trinajstić information content (AvgIpc) is 3.67. The zero-order valence-electron chi connectivity index (χ0n) is 25.4. The highest BCUT2D eigenvalue weighted by atomic mass is 32.2. The summed E-state index contributed by atoms with van der Waals surface area (Å²) in [7, 11) is 0. The second kappa shape index (κ2) is 11.5. The van der Waals surface area contributed by atoms with E-state index in [9.17, 15) is 19.8 Å². The number of thiophene rings is 1. The van der Waals surface area contributed by atoms with Crippen LogP contribution in [0.3, 0.4) is 0 Å². The summed E-state index contributed by atoms with van der Waals surface area (Å²) >= 11 is 3.50. The average molecular weight is 663 g/mol. The number of fused-ring (bicyclic) bond motifs is 7. The Kier molecular flexibility index (Phi) is 7.24. The quantitative estimate of drug-likeness (QED) is 0.132. The number of ether oxygens (including phenoxy) is 2. The standard InChI is InChI=1S/C37H30N2O6S2/c1-46-26-7-2-21(3-8-26)31(39-14-12-34-23(20-39)13-15-47-34)19-38-35(42)22-4-9-28-27(16-22)36(43)45-37(28)29-10-5-24(40)17-32(29)44-33-18-25(41)6-11-30(33)37/h2-11,13,15-18,31,40-41H,12,14,19-20H2,1H3,(H,38,42). The summed E-state index contributed by atoms with van der Waals surface area (Å²) in [4.78, 5) is 32.3. The number of hydrogen-bond acceptors (Lipinski definition) is 9. The van der Waals surface area contributed by atoms with Crippen LogP contribution in [0.2, 0.25) is 0 Å². The first kappa shape index (κ1) is 29.6. The Labute approximate surface area is 279 Å². The zero-order chi connectivity index (χ0) is 32.3. The van der Waals surface area contributed by atoms with Crippen LogP contribution in [0.4, 0.5) is 0 Å². The van der Waals surface area contributed by atoms with Gasteiger partial charge in [-0.05, 0) is 83.8 Å². The van der Waals surface area contributed by atoms with Gasteiger partial charge in [0.05, 0.1) is 11.6 Å². The van der Waals surface area contributed by atoms with Gasteiger partial charge in [-0.15, -0.1) is 23.1 Å². The van der Waals surface area contributed by atoms with Crippen molar-refractivity contribution in [3.05, 3.63) is 134 Å². The van der Waals surface area contributed by atoms with Crippen molar-refractivity contribution < 1.29 is 29.3 Å². The molecule has 3 aliphatic rings. The van der Waals surface area contributed by atoms with E-state index in [0.29, 0.717) is 40.3 Å². The number of hydrogen-bond donors (Lipinski definition) is 3. The summed E-state index contributed by atoms with van der Waals surface area (Å²) in [6.07, 6.45) is 3.03. The van der Waals surface area contributed by atoms with E-state index in [1.54, 1.807) is 53.4 Å². The van der Waals surface area contributed by atoms with Crippen molar-refractivity contribution in [2.45, 2.75) is 29.5 Å². The largest absolute Gasteiger partial charge is 0.508 e. The molecule has 1 amide bonds. The predicted molar refractivity (Wildman–Crippen MR) is 180 cm³/mol. The van der Waals surface area contributed by atoms with Crippen molar-refractivity contribution in [3.63, 3.8) is 0 Å². The molecule has 5 aromatic rings. The summed E-state index contributed by atoms with van der Waals surface area (Å²) < 4.78 is 12.2. The third kappa shape index (κ3) is 4.95. The number of aromatic hydroxyl groups is 2. The molecule has 0 radical (unpaired) electrons. The van der Waals surface area contributed by atoms with Crippen LogP contribution in [0.5, 0.6) is 23.0 Å². The molecule has 3 aliphatic heterocycles. The number of esters is 1. The molecule has 0 aliphatic carbocycles. The molecule has 10 heteroatoms. The Morgan fingerprint density at radius 2 is 1.66 bits per heavy atom. The monoisotopic (exact) mass is 662 g/mol. The van der Waals surface area contributed by atoms with Gasteiger partial charge >= 0.3 is 5.97 Å². The highest BCUT2D eigenvalue weighted by molar-refractivity contribution is 7.98. The molecule has 4 heterocycles. The SMILES string of the molecule is CSc1ccc(C(CNC(=O)c2ccc3c(c2)C(=O)OC32c3ccc(O)cc3Oc3cc(O)ccc32)N2CCc3sccc3C2)cc1. The maximum absolute atomic E-state index is 13.7. The Morgan fingerprint density at radius 1 is 0.957 bits per heavy atom. The minimum absolute atomic E-state index is 0.0158. The molecular weight excluding hydrogens is 633 g/mol. The van der Waals surface area contributed by atoms with E-state index in [4.69, 9.17) is 9.47 Å². The maximum atomic E-state index is 13.7. The van der Waals surface area contributed by atoms with Crippen molar-refractivity contribution in [1.82, 2.24) is 10.2 Å². The van der Waals surface area contributed by atoms with E-state index >= 15 is 0 Å². The van der Waals surface area contributed by atoms with Crippen molar-refractivity contribution in [1.29, 1.82) is 0 Å². The van der Waals surface area contributed by atoms with Gasteiger partial charge in [-0.1, -0.05) is 18.2 Å². The normalized spacial score (nSPS) is 16.3. The topological polar surface area (TPSA) is 108 Å². The van der Waals surface area contributed by atoms with Crippen LogP contribution in [0.25, 0.3) is 0 Å². The first-order valence-electron chi connectivity index (χ1n) is 15.3. The lowest BCUT2D eigenvalue weighted by atomic mass is 9.77. The third-order valence-electron chi connectivity index (χ3n) is 9.27. The summed E-state index contributed by atoms with van der Waals surface area (Å²) in [5.41, 5.74) is 3.31. The van der Waals surface area contributed by atoms with Gasteiger partial charge in [0.25, 0.3) is 5.91 Å². The van der Waals surface area contributed by atoms with Gasteiger partial charge in [0.1, 0.15) is 23.0 Å². The van der Waals surface area contributed by atoms with Gasteiger partial charge in [-0.2, -0.15) is 0 Å². The Hall–Kier alpha value is -4.77. The molecule has 0 fully saturated rings. The van der Waals surface area contributed by atoms with Gasteiger partial charge < -0.3 is 25.0 Å². The molecule has 1 aromatic heterocycles. The fourth-order valence-electron chi connectivity index (χ4n) is 6.96. The van der Waals surface area contributed by atoms with Crippen LogP contribution in [-0.2, 0) is 23.3 Å². The lowest BCUT2D eigenvalue weighted by Crippen LogP contribution is -2.40. The second-order valence-corrected chi connectivity index (χ2v) is 13.8. The minimum Gasteiger partial charge on any atom is -0.508 e. The molecule has 3 N–H and O–H groups in total. The van der Waals surface area contributed by atoms with Crippen molar-refractivity contribution in [2.75, 3.05) is 19.3 Å². The first-order valence-corrected chi connectivity index (χ1v) is 17.4. The number of rotatable bonds is 6. The first-order chi connectivity index (χ1) is 22.8. The highest BCUT2D eigenvalue weighted by Gasteiger charge is 2.53. The molecule has 1 spiro atoms. The van der Waals surface area contributed by atoms with Crippen LogP contribution < -0.4 is 10.1 Å². The summed E-state index contributed by atoms with van der Waals surface area (Å²) in [6, 6.07) is 24.9. The number of phenolic OH excluding ortho intramolecular Hbond substituents is 2. The van der Waals surface area contributed by atoms with Crippen LogP contribution in [-0.4, -0.2) is 46.3 Å². The van der Waals surface area contributed by atoms with Gasteiger partial charge in [0.2, 0.25) is 0 Å². The Bertz CT molecular complexity index is 2010. The number of carbonyl (C=O) groups is 2. The molecule has 236 valence electrons. The van der Waals surface area contributed by atoms with Crippen molar-refractivity contribution in [3.8, 4) is 23.0 Å². The number of carbonyl (C=O) groups excluding carboxylic acids is 2. The van der Waals surface area contributed by atoms with Gasteiger partial charge in [-0.25, -0.2) is 4.79 Å². The van der Waals surface area contributed by atoms with Crippen LogP contribution in [0, 0.1) is 0 Å². The van der Waals surface area contributed by atoms with Crippen molar-refractivity contribution in [2.24, 2.45) is 0 Å². The predicted octanol–water partition coefficient (Wildman–Crippen LogP) is 6.98. The van der Waals surface area contributed by atoms with Crippen LogP contribution >= 0.6 is 23.1 Å². The van der Waals surface area contributed by atoms with Gasteiger partial charge in [0, 0.05) is 63.8 Å². The molecule has 0 saturated carbocycles. The maximum Gasteiger partial charge on any atom is 0.340 e. The van der Waals surface area contributed by atoms with Crippen molar-refractivity contribution >= 4 is 35.0 Å². The van der Waals surface area contributed by atoms with E-state index in [1.165, 1.54) is 39.6 Å². The molecular formula is C37H30N2O6S2. The van der Waals surface area contributed by atoms with Crippen LogP contribution in [0.1, 0.15) is 59.5 Å². The van der Waals surface area contributed by atoms with E-state index in [-0.39, 0.29) is 29.0 Å². The summed E-state index contributed by atoms with van der Waals surface area (Å²) in [5.74, 6) is -0.302. The molecule has 47 heavy (non-hydrogen) atoms. The number of thioether (sulfide) groups is 1. The highest BCUT2D eigenvalue weighted by Crippen LogP contribution is 2.57.